The molecule has 0 bridgehead atoms. The lowest BCUT2D eigenvalue weighted by Gasteiger charge is -2.23. The Labute approximate surface area is 222 Å². The zero-order valence-electron chi connectivity index (χ0n) is 21.4. The van der Waals surface area contributed by atoms with Gasteiger partial charge in [0.2, 0.25) is 11.8 Å². The molecule has 5 nitrogen and oxygen atoms in total. The second kappa shape index (κ2) is 10.3. The van der Waals surface area contributed by atoms with Crippen molar-refractivity contribution in [1.29, 1.82) is 0 Å². The molecule has 2 amide bonds. The first-order valence-corrected chi connectivity index (χ1v) is 13.5. The molecule has 0 saturated heterocycles. The first-order chi connectivity index (χ1) is 17.8. The standard InChI is InChI=1S/C31H31N3O2S/c1-31(2,3)19-27(35)34-17-16-24-18-23(14-15-26(24)34)25-20-37-30(32-25)33-29(36)28(21-10-6-4-7-11-21)22-12-8-5-9-13-22/h4-15,18,20,28H,16-17,19H2,1-3H3,(H,32,33,36). The highest BCUT2D eigenvalue weighted by atomic mass is 32.1. The first-order valence-electron chi connectivity index (χ1n) is 12.6. The molecule has 37 heavy (non-hydrogen) atoms. The van der Waals surface area contributed by atoms with Crippen LogP contribution in [-0.4, -0.2) is 23.3 Å². The van der Waals surface area contributed by atoms with Crippen LogP contribution in [-0.2, 0) is 16.0 Å². The van der Waals surface area contributed by atoms with Crippen molar-refractivity contribution in [1.82, 2.24) is 4.98 Å². The summed E-state index contributed by atoms with van der Waals surface area (Å²) in [7, 11) is 0. The van der Waals surface area contributed by atoms with Crippen LogP contribution >= 0.6 is 11.3 Å². The highest BCUT2D eigenvalue weighted by Crippen LogP contribution is 2.35. The fourth-order valence-electron chi connectivity index (χ4n) is 4.80. The molecule has 1 N–H and O–H groups in total. The molecule has 2 heterocycles. The minimum Gasteiger partial charge on any atom is -0.312 e. The van der Waals surface area contributed by atoms with E-state index in [1.807, 2.05) is 83.1 Å². The van der Waals surface area contributed by atoms with E-state index in [0.29, 0.717) is 18.1 Å². The van der Waals surface area contributed by atoms with Gasteiger partial charge in [0.1, 0.15) is 0 Å². The normalized spacial score (nSPS) is 13.0. The molecule has 5 rings (SSSR count). The maximum absolute atomic E-state index is 13.4. The molecular weight excluding hydrogens is 478 g/mol. The van der Waals surface area contributed by atoms with Crippen LogP contribution in [0.4, 0.5) is 10.8 Å². The number of carbonyl (C=O) groups excluding carboxylic acids is 2. The summed E-state index contributed by atoms with van der Waals surface area (Å²) in [4.78, 5) is 32.9. The quantitative estimate of drug-likeness (QED) is 0.307. The van der Waals surface area contributed by atoms with E-state index in [1.165, 1.54) is 11.3 Å². The average Bonchev–Trinajstić information content (AvgIpc) is 3.51. The Bertz CT molecular complexity index is 1370. The number of nitrogens with zero attached hydrogens (tertiary/aromatic N) is 2. The summed E-state index contributed by atoms with van der Waals surface area (Å²) in [6.45, 7) is 6.98. The summed E-state index contributed by atoms with van der Waals surface area (Å²) in [6, 6.07) is 25.8. The van der Waals surface area contributed by atoms with Crippen molar-refractivity contribution in [2.75, 3.05) is 16.8 Å². The Balaban J connectivity index is 1.34. The Morgan fingerprint density at radius 3 is 2.24 bits per heavy atom. The SMILES string of the molecule is CC(C)(C)CC(=O)N1CCc2cc(-c3csc(NC(=O)C(c4ccccc4)c4ccccc4)n3)ccc21. The topological polar surface area (TPSA) is 62.3 Å². The summed E-state index contributed by atoms with van der Waals surface area (Å²) in [5.41, 5.74) is 5.80. The Morgan fingerprint density at radius 2 is 1.62 bits per heavy atom. The van der Waals surface area contributed by atoms with E-state index in [9.17, 15) is 9.59 Å². The summed E-state index contributed by atoms with van der Waals surface area (Å²) in [5.74, 6) is -0.365. The van der Waals surface area contributed by atoms with Gasteiger partial charge >= 0.3 is 0 Å². The van der Waals surface area contributed by atoms with Gasteiger partial charge in [-0.05, 0) is 40.7 Å². The molecule has 3 aromatic carbocycles. The third kappa shape index (κ3) is 5.65. The molecule has 4 aromatic rings. The average molecular weight is 510 g/mol. The Kier molecular flexibility index (Phi) is 6.94. The van der Waals surface area contributed by atoms with Crippen LogP contribution in [0.2, 0.25) is 0 Å². The van der Waals surface area contributed by atoms with Crippen molar-refractivity contribution >= 4 is 34.0 Å². The molecular formula is C31H31N3O2S. The van der Waals surface area contributed by atoms with Gasteiger partial charge in [0.25, 0.3) is 0 Å². The van der Waals surface area contributed by atoms with Gasteiger partial charge < -0.3 is 10.2 Å². The third-order valence-corrected chi connectivity index (χ3v) is 7.27. The van der Waals surface area contributed by atoms with Gasteiger partial charge in [0, 0.05) is 29.6 Å². The number of nitrogens with one attached hydrogen (secondary N) is 1. The van der Waals surface area contributed by atoms with Crippen LogP contribution in [0.1, 0.15) is 49.8 Å². The van der Waals surface area contributed by atoms with Gasteiger partial charge in [-0.3, -0.25) is 9.59 Å². The summed E-state index contributed by atoms with van der Waals surface area (Å²) < 4.78 is 0. The lowest BCUT2D eigenvalue weighted by atomic mass is 9.90. The second-order valence-electron chi connectivity index (χ2n) is 10.7. The second-order valence-corrected chi connectivity index (χ2v) is 11.5. The highest BCUT2D eigenvalue weighted by molar-refractivity contribution is 7.14. The van der Waals surface area contributed by atoms with Gasteiger partial charge in [-0.1, -0.05) is 87.5 Å². The molecule has 0 spiro atoms. The number of amides is 2. The molecule has 1 aromatic heterocycles. The Hall–Kier alpha value is -3.77. The zero-order valence-corrected chi connectivity index (χ0v) is 22.2. The highest BCUT2D eigenvalue weighted by Gasteiger charge is 2.28. The number of fused-ring (bicyclic) bond motifs is 1. The van der Waals surface area contributed by atoms with Crippen molar-refractivity contribution in [2.45, 2.75) is 39.5 Å². The van der Waals surface area contributed by atoms with Gasteiger partial charge in [-0.2, -0.15) is 0 Å². The van der Waals surface area contributed by atoms with Crippen LogP contribution in [0.3, 0.4) is 0 Å². The maximum Gasteiger partial charge on any atom is 0.238 e. The van der Waals surface area contributed by atoms with E-state index in [1.54, 1.807) is 0 Å². The largest absolute Gasteiger partial charge is 0.312 e. The fourth-order valence-corrected chi connectivity index (χ4v) is 5.52. The van der Waals surface area contributed by atoms with Crippen LogP contribution in [0, 0.1) is 5.41 Å². The fraction of sp³-hybridized carbons (Fsp3) is 0.258. The lowest BCUT2D eigenvalue weighted by Crippen LogP contribution is -2.31. The smallest absolute Gasteiger partial charge is 0.238 e. The van der Waals surface area contributed by atoms with Gasteiger partial charge in [0.05, 0.1) is 11.6 Å². The van der Waals surface area contributed by atoms with Crippen molar-refractivity contribution < 1.29 is 9.59 Å². The molecule has 0 unspecified atom stereocenters. The number of anilines is 2. The van der Waals surface area contributed by atoms with Crippen LogP contribution in [0.25, 0.3) is 11.3 Å². The number of hydrogen-bond acceptors (Lipinski definition) is 4. The zero-order chi connectivity index (χ0) is 26.0. The van der Waals surface area contributed by atoms with Gasteiger partial charge in [-0.15, -0.1) is 11.3 Å². The van der Waals surface area contributed by atoms with Crippen molar-refractivity contribution in [2.24, 2.45) is 5.41 Å². The van der Waals surface area contributed by atoms with Crippen molar-refractivity contribution in [3.05, 3.63) is 101 Å². The van der Waals surface area contributed by atoms with Gasteiger partial charge in [-0.25, -0.2) is 4.98 Å². The molecule has 0 atom stereocenters. The van der Waals surface area contributed by atoms with Gasteiger partial charge in [0.15, 0.2) is 5.13 Å². The monoisotopic (exact) mass is 509 g/mol. The molecule has 0 saturated carbocycles. The molecule has 0 radical (unpaired) electrons. The number of benzene rings is 3. The predicted molar refractivity (Wildman–Crippen MR) is 151 cm³/mol. The number of hydrogen-bond donors (Lipinski definition) is 1. The molecule has 0 fully saturated rings. The Morgan fingerprint density at radius 1 is 0.973 bits per heavy atom. The van der Waals surface area contributed by atoms with Crippen LogP contribution in [0.15, 0.2) is 84.2 Å². The molecule has 1 aliphatic heterocycles. The van der Waals surface area contributed by atoms with E-state index in [0.717, 1.165) is 40.1 Å². The van der Waals surface area contributed by atoms with E-state index in [4.69, 9.17) is 4.98 Å². The summed E-state index contributed by atoms with van der Waals surface area (Å²) >= 11 is 1.42. The van der Waals surface area contributed by atoms with E-state index >= 15 is 0 Å². The maximum atomic E-state index is 13.4. The summed E-state index contributed by atoms with van der Waals surface area (Å²) in [5, 5.41) is 5.58. The van der Waals surface area contributed by atoms with Crippen LogP contribution < -0.4 is 10.2 Å². The number of rotatable bonds is 6. The van der Waals surface area contributed by atoms with E-state index in [2.05, 4.69) is 32.2 Å². The third-order valence-electron chi connectivity index (χ3n) is 6.52. The molecule has 6 heteroatoms. The molecule has 0 aliphatic carbocycles. The predicted octanol–water partition coefficient (Wildman–Crippen LogP) is 6.91. The van der Waals surface area contributed by atoms with Crippen molar-refractivity contribution in [3.8, 4) is 11.3 Å². The van der Waals surface area contributed by atoms with Crippen molar-refractivity contribution in [3.63, 3.8) is 0 Å². The van der Waals surface area contributed by atoms with E-state index < -0.39 is 5.92 Å². The van der Waals surface area contributed by atoms with Crippen LogP contribution in [0.5, 0.6) is 0 Å². The summed E-state index contributed by atoms with van der Waals surface area (Å²) in [6.07, 6.45) is 1.36. The number of aromatic nitrogens is 1. The first kappa shape index (κ1) is 24.9. The lowest BCUT2D eigenvalue weighted by molar-refractivity contribution is -0.120. The number of carbonyl (C=O) groups is 2. The molecule has 1 aliphatic rings. The minimum absolute atomic E-state index is 0.0404. The minimum atomic E-state index is -0.425. The van der Waals surface area contributed by atoms with E-state index in [-0.39, 0.29) is 17.2 Å². The number of thiazole rings is 1. The molecule has 188 valence electrons.